The van der Waals surface area contributed by atoms with Crippen LogP contribution >= 0.6 is 22.7 Å². The summed E-state index contributed by atoms with van der Waals surface area (Å²) in [5, 5.41) is 1.95. The summed E-state index contributed by atoms with van der Waals surface area (Å²) in [7, 11) is 0. The number of thiazole rings is 2. The Morgan fingerprint density at radius 1 is 0.625 bits per heavy atom. The van der Waals surface area contributed by atoms with Gasteiger partial charge in [-0.2, -0.15) is 0 Å². The predicted molar refractivity (Wildman–Crippen MR) is 101 cm³/mol. The molecule has 0 aliphatic rings. The summed E-state index contributed by atoms with van der Waals surface area (Å²) in [5.41, 5.74) is 4.00. The van der Waals surface area contributed by atoms with Crippen LogP contribution in [0.5, 0.6) is 0 Å². The van der Waals surface area contributed by atoms with Crippen LogP contribution in [-0.4, -0.2) is 15.0 Å². The topological polar surface area (TPSA) is 38.7 Å². The first-order chi connectivity index (χ1) is 11.9. The number of hydrogen-bond acceptors (Lipinski definition) is 5. The highest BCUT2D eigenvalue weighted by Gasteiger charge is 2.09. The van der Waals surface area contributed by atoms with Gasteiger partial charge in [0.05, 0.1) is 26.1 Å². The molecule has 0 bridgehead atoms. The number of aromatic nitrogens is 3. The molecular weight excluding hydrogens is 334 g/mol. The second kappa shape index (κ2) is 5.47. The molecule has 0 unspecified atom stereocenters. The second-order valence-corrected chi connectivity index (χ2v) is 7.47. The van der Waals surface area contributed by atoms with Gasteiger partial charge in [-0.25, -0.2) is 9.97 Å². The minimum atomic E-state index is 0.904. The minimum Gasteiger partial charge on any atom is -0.253 e. The Labute approximate surface area is 146 Å². The Bertz CT molecular complexity index is 997. The molecule has 0 fully saturated rings. The average Bonchev–Trinajstić information content (AvgIpc) is 3.25. The van der Waals surface area contributed by atoms with Gasteiger partial charge < -0.3 is 0 Å². The summed E-state index contributed by atoms with van der Waals surface area (Å²) in [5.74, 6) is 0. The Kier molecular flexibility index (Phi) is 3.14. The largest absolute Gasteiger partial charge is 0.253 e. The van der Waals surface area contributed by atoms with Gasteiger partial charge in [-0.1, -0.05) is 24.3 Å². The zero-order valence-electron chi connectivity index (χ0n) is 12.5. The third kappa shape index (κ3) is 2.29. The quantitative estimate of drug-likeness (QED) is 0.416. The molecule has 5 aromatic rings. The molecule has 2 aromatic carbocycles. The summed E-state index contributed by atoms with van der Waals surface area (Å²) in [6.07, 6.45) is 1.89. The maximum Gasteiger partial charge on any atom is 0.143 e. The van der Waals surface area contributed by atoms with Crippen molar-refractivity contribution in [1.29, 1.82) is 0 Å². The standard InChI is InChI=1S/C19H11N3S2/c1-3-7-16-13(5-1)21-18(23-16)12-9-10-15(20-11-12)19-22-14-6-2-4-8-17(14)24-19/h1-11H. The van der Waals surface area contributed by atoms with E-state index in [1.807, 2.05) is 48.7 Å². The van der Waals surface area contributed by atoms with Crippen molar-refractivity contribution < 1.29 is 0 Å². The second-order valence-electron chi connectivity index (χ2n) is 5.41. The van der Waals surface area contributed by atoms with Gasteiger partial charge in [0.2, 0.25) is 0 Å². The maximum absolute atomic E-state index is 4.69. The highest BCUT2D eigenvalue weighted by molar-refractivity contribution is 7.22. The maximum atomic E-state index is 4.69. The van der Waals surface area contributed by atoms with E-state index in [9.17, 15) is 0 Å². The van der Waals surface area contributed by atoms with Crippen LogP contribution < -0.4 is 0 Å². The first-order valence-electron chi connectivity index (χ1n) is 7.55. The molecule has 24 heavy (non-hydrogen) atoms. The van der Waals surface area contributed by atoms with E-state index in [2.05, 4.69) is 33.2 Å². The van der Waals surface area contributed by atoms with Crippen molar-refractivity contribution in [3.63, 3.8) is 0 Å². The number of benzene rings is 2. The minimum absolute atomic E-state index is 0.904. The molecule has 3 nitrogen and oxygen atoms in total. The number of hydrogen-bond donors (Lipinski definition) is 0. The molecule has 0 N–H and O–H groups in total. The van der Waals surface area contributed by atoms with Crippen molar-refractivity contribution in [2.75, 3.05) is 0 Å². The van der Waals surface area contributed by atoms with E-state index in [4.69, 9.17) is 0 Å². The van der Waals surface area contributed by atoms with Crippen molar-refractivity contribution in [3.8, 4) is 21.3 Å². The first kappa shape index (κ1) is 13.8. The SMILES string of the molecule is c1ccc2sc(-c3ccc(-c4nc5ccccc5s4)nc3)nc2c1. The monoisotopic (exact) mass is 345 g/mol. The summed E-state index contributed by atoms with van der Waals surface area (Å²) in [6, 6.07) is 20.5. The lowest BCUT2D eigenvalue weighted by molar-refractivity contribution is 1.30. The van der Waals surface area contributed by atoms with Crippen LogP contribution in [0.4, 0.5) is 0 Å². The molecule has 114 valence electrons. The van der Waals surface area contributed by atoms with Crippen molar-refractivity contribution in [2.24, 2.45) is 0 Å². The molecule has 0 aliphatic carbocycles. The molecule has 5 rings (SSSR count). The van der Waals surface area contributed by atoms with Crippen molar-refractivity contribution >= 4 is 43.1 Å². The zero-order chi connectivity index (χ0) is 15.9. The molecule has 0 spiro atoms. The van der Waals surface area contributed by atoms with Gasteiger partial charge in [-0.15, -0.1) is 22.7 Å². The molecule has 3 heterocycles. The first-order valence-corrected chi connectivity index (χ1v) is 9.18. The summed E-state index contributed by atoms with van der Waals surface area (Å²) >= 11 is 3.36. The predicted octanol–water partition coefficient (Wildman–Crippen LogP) is 5.64. The lowest BCUT2D eigenvalue weighted by atomic mass is 10.2. The average molecular weight is 345 g/mol. The van der Waals surface area contributed by atoms with Crippen LogP contribution in [0, 0.1) is 0 Å². The molecule has 0 saturated carbocycles. The Morgan fingerprint density at radius 3 is 1.88 bits per heavy atom. The summed E-state index contributed by atoms with van der Waals surface area (Å²) < 4.78 is 2.38. The summed E-state index contributed by atoms with van der Waals surface area (Å²) in [6.45, 7) is 0. The number of pyridine rings is 1. The van der Waals surface area contributed by atoms with Gasteiger partial charge in [0, 0.05) is 11.8 Å². The van der Waals surface area contributed by atoms with Crippen LogP contribution in [0.15, 0.2) is 66.9 Å². The molecule has 0 aliphatic heterocycles. The Morgan fingerprint density at radius 2 is 1.25 bits per heavy atom. The third-order valence-electron chi connectivity index (χ3n) is 3.82. The van der Waals surface area contributed by atoms with Crippen LogP contribution in [0.1, 0.15) is 0 Å². The van der Waals surface area contributed by atoms with Gasteiger partial charge in [0.15, 0.2) is 0 Å². The van der Waals surface area contributed by atoms with E-state index in [1.54, 1.807) is 22.7 Å². The van der Waals surface area contributed by atoms with Gasteiger partial charge in [0.1, 0.15) is 10.0 Å². The van der Waals surface area contributed by atoms with Crippen molar-refractivity contribution in [1.82, 2.24) is 15.0 Å². The molecule has 0 saturated heterocycles. The number of nitrogens with zero attached hydrogens (tertiary/aromatic N) is 3. The fourth-order valence-corrected chi connectivity index (χ4v) is 4.52. The Balaban J connectivity index is 1.54. The normalized spacial score (nSPS) is 11.3. The zero-order valence-corrected chi connectivity index (χ0v) is 14.1. The smallest absolute Gasteiger partial charge is 0.143 e. The lowest BCUT2D eigenvalue weighted by Gasteiger charge is -1.98. The van der Waals surface area contributed by atoms with Crippen molar-refractivity contribution in [3.05, 3.63) is 66.9 Å². The number of rotatable bonds is 2. The molecule has 5 heteroatoms. The summed E-state index contributed by atoms with van der Waals surface area (Å²) in [4.78, 5) is 14.0. The molecule has 0 atom stereocenters. The Hall–Kier alpha value is -2.63. The molecular formula is C19H11N3S2. The fourth-order valence-electron chi connectivity index (χ4n) is 2.62. The van der Waals surface area contributed by atoms with Crippen LogP contribution in [0.25, 0.3) is 41.7 Å². The van der Waals surface area contributed by atoms with E-state index >= 15 is 0 Å². The van der Waals surface area contributed by atoms with Crippen LogP contribution in [0.3, 0.4) is 0 Å². The van der Waals surface area contributed by atoms with Crippen molar-refractivity contribution in [2.45, 2.75) is 0 Å². The highest BCUT2D eigenvalue weighted by Crippen LogP contribution is 2.32. The molecule has 0 amide bonds. The van der Waals surface area contributed by atoms with Crippen LogP contribution in [0.2, 0.25) is 0 Å². The number of para-hydroxylation sites is 2. The lowest BCUT2D eigenvalue weighted by Crippen LogP contribution is -1.83. The van der Waals surface area contributed by atoms with Gasteiger partial charge in [0.25, 0.3) is 0 Å². The van der Waals surface area contributed by atoms with E-state index < -0.39 is 0 Å². The van der Waals surface area contributed by atoms with Gasteiger partial charge in [-0.05, 0) is 36.4 Å². The fraction of sp³-hybridized carbons (Fsp3) is 0. The molecule has 3 aromatic heterocycles. The van der Waals surface area contributed by atoms with E-state index in [-0.39, 0.29) is 0 Å². The number of fused-ring (bicyclic) bond motifs is 2. The van der Waals surface area contributed by atoms with Crippen LogP contribution in [-0.2, 0) is 0 Å². The van der Waals surface area contributed by atoms with E-state index in [0.717, 1.165) is 32.3 Å². The van der Waals surface area contributed by atoms with E-state index in [1.165, 1.54) is 9.40 Å². The van der Waals surface area contributed by atoms with E-state index in [0.29, 0.717) is 0 Å². The molecule has 0 radical (unpaired) electrons. The van der Waals surface area contributed by atoms with Gasteiger partial charge >= 0.3 is 0 Å². The van der Waals surface area contributed by atoms with Gasteiger partial charge in [-0.3, -0.25) is 4.98 Å². The highest BCUT2D eigenvalue weighted by atomic mass is 32.1. The third-order valence-corrected chi connectivity index (χ3v) is 5.96.